The summed E-state index contributed by atoms with van der Waals surface area (Å²) in [4.78, 5) is 56.7. The van der Waals surface area contributed by atoms with Gasteiger partial charge in [-0.2, -0.15) is 0 Å². The van der Waals surface area contributed by atoms with Gasteiger partial charge in [0.25, 0.3) is 0 Å². The van der Waals surface area contributed by atoms with Crippen molar-refractivity contribution in [2.45, 2.75) is 287 Å². The van der Waals surface area contributed by atoms with E-state index < -0.39 is 187 Å². The van der Waals surface area contributed by atoms with E-state index in [1.165, 1.54) is 60.4 Å². The fraction of sp³-hybridized carbons (Fsp3) is 0.848. The maximum Gasteiger partial charge on any atom is 0.407 e. The van der Waals surface area contributed by atoms with Crippen LogP contribution in [0, 0.1) is 23.7 Å². The minimum Gasteiger partial charge on any atom is -0.459 e. The van der Waals surface area contributed by atoms with Crippen molar-refractivity contribution in [2.75, 3.05) is 47.8 Å². The van der Waals surface area contributed by atoms with Crippen LogP contribution in [0.5, 0.6) is 0 Å². The number of alkyl carbamates (subject to hydrolysis) is 1. The van der Waals surface area contributed by atoms with Crippen LogP contribution in [0.2, 0.25) is 0 Å². The maximum atomic E-state index is 13.4. The summed E-state index contributed by atoms with van der Waals surface area (Å²) in [7, 11) is 6.48. The number of esters is 2. The number of carbonyl (C=O) groups is 4. The highest BCUT2D eigenvalue weighted by Crippen LogP contribution is 2.39. The molecule has 28 nitrogen and oxygen atoms in total. The van der Waals surface area contributed by atoms with Crippen molar-refractivity contribution >= 4 is 23.9 Å². The number of β-amino-alcohol motifs (C(OH)–C–C–N with tert-alkyl or cyclic N) is 2. The van der Waals surface area contributed by atoms with Crippen molar-refractivity contribution in [1.82, 2.24) is 25.3 Å². The van der Waals surface area contributed by atoms with E-state index in [1.807, 2.05) is 25.1 Å². The van der Waals surface area contributed by atoms with Crippen LogP contribution in [0.25, 0.3) is 0 Å². The molecule has 0 bridgehead atoms. The molecule has 0 unspecified atom stereocenters. The molecule has 0 saturated carbocycles. The average Bonchev–Trinajstić information content (AvgIpc) is 1.19. The van der Waals surface area contributed by atoms with Crippen LogP contribution in [-0.2, 0) is 54.1 Å². The Labute approximate surface area is 555 Å². The Morgan fingerprint density at radius 1 is 0.628 bits per heavy atom. The van der Waals surface area contributed by atoms with Gasteiger partial charge in [0.2, 0.25) is 5.91 Å². The molecule has 4 heterocycles. The molecule has 0 aromatic heterocycles. The van der Waals surface area contributed by atoms with Crippen LogP contribution in [0.3, 0.4) is 0 Å². The Balaban J connectivity index is 0.000000419. The Morgan fingerprint density at radius 2 is 1.03 bits per heavy atom. The topological polar surface area (TPSA) is 409 Å². The van der Waals surface area contributed by atoms with Gasteiger partial charge in [0.15, 0.2) is 12.6 Å². The highest BCUT2D eigenvalue weighted by Gasteiger charge is 2.53. The van der Waals surface area contributed by atoms with Crippen molar-refractivity contribution in [3.63, 3.8) is 0 Å². The quantitative estimate of drug-likeness (QED) is 0.0958. The number of hydrogen-bond acceptors (Lipinski definition) is 26. The molecule has 28 atom stereocenters. The molecule has 28 heteroatoms. The van der Waals surface area contributed by atoms with Crippen molar-refractivity contribution in [3.8, 4) is 0 Å². The lowest BCUT2D eigenvalue weighted by atomic mass is 9.79. The van der Waals surface area contributed by atoms with Crippen LogP contribution in [-0.4, -0.2) is 292 Å². The lowest BCUT2D eigenvalue weighted by molar-refractivity contribution is -0.299. The zero-order chi connectivity index (χ0) is 71.4. The van der Waals surface area contributed by atoms with E-state index in [4.69, 9.17) is 33.2 Å². The number of aliphatic hydroxyl groups excluding tert-OH is 8. The van der Waals surface area contributed by atoms with E-state index in [2.05, 4.69) is 10.6 Å². The number of nitrogens with one attached hydrogen (secondary N) is 2. The summed E-state index contributed by atoms with van der Waals surface area (Å²) in [6, 6.07) is 6.45. The average molecular weight is 1350 g/mol. The van der Waals surface area contributed by atoms with Gasteiger partial charge >= 0.3 is 18.0 Å². The summed E-state index contributed by atoms with van der Waals surface area (Å²) in [6.45, 7) is 21.5. The number of likely N-dealkylation sites (N-methyl/N-ethyl adjacent to an activating group) is 4. The molecule has 4 aliphatic heterocycles. The number of rotatable bonds is 12. The zero-order valence-electron chi connectivity index (χ0n) is 58.5. The molecule has 0 spiro atoms. The van der Waals surface area contributed by atoms with Gasteiger partial charge in [0, 0.05) is 62.9 Å². The number of aliphatic hydroxyl groups is 12. The predicted octanol–water partition coefficient (Wildman–Crippen LogP) is -0.118. The summed E-state index contributed by atoms with van der Waals surface area (Å²) in [5.41, 5.74) is -6.60. The molecule has 544 valence electrons. The number of hydrogen-bond donors (Lipinski definition) is 14. The van der Waals surface area contributed by atoms with Crippen LogP contribution in [0.1, 0.15) is 141 Å². The molecule has 4 fully saturated rings. The van der Waals surface area contributed by atoms with Crippen molar-refractivity contribution in [1.29, 1.82) is 0 Å². The summed E-state index contributed by atoms with van der Waals surface area (Å²) >= 11 is 0. The van der Waals surface area contributed by atoms with Crippen LogP contribution in [0.15, 0.2) is 30.3 Å². The van der Waals surface area contributed by atoms with E-state index >= 15 is 0 Å². The van der Waals surface area contributed by atoms with Gasteiger partial charge in [0.1, 0.15) is 61.0 Å². The second-order valence-electron chi connectivity index (χ2n) is 28.2. The smallest absolute Gasteiger partial charge is 0.407 e. The lowest BCUT2D eigenvalue weighted by Crippen LogP contribution is -2.61. The van der Waals surface area contributed by atoms with Crippen LogP contribution in [0.4, 0.5) is 4.79 Å². The molecule has 4 saturated heterocycles. The molecule has 5 rings (SSSR count). The summed E-state index contributed by atoms with van der Waals surface area (Å²) in [5.74, 6) is -6.42. The number of benzene rings is 1. The van der Waals surface area contributed by atoms with Crippen molar-refractivity contribution < 1.29 is 114 Å². The normalized spacial score (nSPS) is 43.3. The first-order chi connectivity index (χ1) is 43.5. The first-order valence-corrected chi connectivity index (χ1v) is 33.1. The third kappa shape index (κ3) is 21.1. The maximum absolute atomic E-state index is 13.4. The van der Waals surface area contributed by atoms with Crippen molar-refractivity contribution in [2.24, 2.45) is 23.7 Å². The Bertz CT molecular complexity index is 2500. The minimum absolute atomic E-state index is 0.0152. The van der Waals surface area contributed by atoms with Crippen LogP contribution < -0.4 is 10.6 Å². The predicted molar refractivity (Wildman–Crippen MR) is 343 cm³/mol. The molecule has 14 N–H and O–H groups in total. The number of cyclic esters (lactones) is 2. The fourth-order valence-corrected chi connectivity index (χ4v) is 13.6. The standard InChI is InChI=1S/C38H63N3O13.C28H54N2O10/c1-10-28-38(7,50)32(46)24(5)40(8)19-26(42)17-37(6,49)33(22(3)30(44)23(4)34(47)53-28)54-35-31(45)27(16-21(2)52-35)41(9)29(43)18-39-36(48)51-20-25-14-12-11-13-15-25;1-10-20-28(7,37)23(34)17(5)30(9)13-18(31)12-27(6,36)24(15(3)21(32)16(4)25(35)39-20)40-26-22(33)19(29-8)11-14(2)38-26/h11-15,21-24,26-28,30-33,35,42,44-46,49-50H,10,16-20H2,1-9H3,(H,39,48);14-24,26,29,31-34,36-37H,10-13H2,1-9H3/t21-,22+,23-,24-,26-,27+,28-,30+,31-,32-,33-,35+,37-,38-;14-,15+,16-,17-,18-,19+,20-,21+,22-,23-,24-,26+,27-,28-/m11/s1. The number of ether oxygens (including phenoxy) is 7. The summed E-state index contributed by atoms with van der Waals surface area (Å²) in [5, 5.41) is 142. The monoisotopic (exact) mass is 1350 g/mol. The fourth-order valence-electron chi connectivity index (χ4n) is 13.6. The zero-order valence-corrected chi connectivity index (χ0v) is 58.5. The molecule has 94 heavy (non-hydrogen) atoms. The first kappa shape index (κ1) is 82.6. The molecule has 2 amide bonds. The van der Waals surface area contributed by atoms with Gasteiger partial charge < -0.3 is 110 Å². The second kappa shape index (κ2) is 35.3. The Kier molecular flexibility index (Phi) is 31.0. The van der Waals surface area contributed by atoms with Gasteiger partial charge in [-0.05, 0) is 122 Å². The van der Waals surface area contributed by atoms with E-state index in [9.17, 15) is 80.5 Å². The molecular formula is C66H117N5O23. The van der Waals surface area contributed by atoms with E-state index in [1.54, 1.807) is 84.6 Å². The lowest BCUT2D eigenvalue weighted by Gasteiger charge is -2.47. The third-order valence-electron chi connectivity index (χ3n) is 20.1. The number of amides is 2. The van der Waals surface area contributed by atoms with Gasteiger partial charge in [-0.15, -0.1) is 0 Å². The summed E-state index contributed by atoms with van der Waals surface area (Å²) < 4.78 is 40.9. The molecule has 4 aliphatic rings. The first-order valence-electron chi connectivity index (χ1n) is 33.1. The SMILES string of the molecule is CC[C@H]1OC(=O)[C@H](C)[C@@H](O)[C@H](C)[C@@H](O[C@@H]2O[C@H](C)C[C@H](N(C)C(=O)CNC(=O)OCc3ccccc3)[C@H]2O)[C@](C)(O)C[C@@H](O)CN(C)[C@H](C)[C@@H](O)[C@]1(C)O.CC[C@H]1OC(=O)[C@H](C)[C@@H](O)[C@H](C)[C@@H](O[C@@H]2O[C@H](C)C[C@H](NC)[C@H]2O)[C@](C)(O)C[C@@H](O)CN(C)[C@H](C)[C@@H](O)[C@]1(C)O. The highest BCUT2D eigenvalue weighted by atomic mass is 16.7. The minimum atomic E-state index is -1.91. The van der Waals surface area contributed by atoms with E-state index in [0.717, 1.165) is 5.56 Å². The Morgan fingerprint density at radius 3 is 1.44 bits per heavy atom. The molecule has 0 radical (unpaired) electrons. The molecule has 1 aromatic carbocycles. The van der Waals surface area contributed by atoms with Crippen LogP contribution >= 0.6 is 0 Å². The summed E-state index contributed by atoms with van der Waals surface area (Å²) in [6.07, 6.45) is -18.9. The van der Waals surface area contributed by atoms with Gasteiger partial charge in [-0.1, -0.05) is 58.0 Å². The van der Waals surface area contributed by atoms with Gasteiger partial charge in [-0.3, -0.25) is 24.2 Å². The van der Waals surface area contributed by atoms with Gasteiger partial charge in [-0.25, -0.2) is 4.79 Å². The second-order valence-corrected chi connectivity index (χ2v) is 28.2. The molecule has 0 aliphatic carbocycles. The number of carbonyl (C=O) groups excluding carboxylic acids is 4. The largest absolute Gasteiger partial charge is 0.459 e. The van der Waals surface area contributed by atoms with Crippen molar-refractivity contribution in [3.05, 3.63) is 35.9 Å². The van der Waals surface area contributed by atoms with E-state index in [0.29, 0.717) is 6.42 Å². The Hall–Kier alpha value is -3.86. The highest BCUT2D eigenvalue weighted by molar-refractivity contribution is 5.82. The molecular weight excluding hydrogens is 1230 g/mol. The van der Waals surface area contributed by atoms with Gasteiger partial charge in [0.05, 0.1) is 77.9 Å². The third-order valence-corrected chi connectivity index (χ3v) is 20.1. The number of nitrogens with zero attached hydrogens (tertiary/aromatic N) is 3. The van der Waals surface area contributed by atoms with E-state index in [-0.39, 0.29) is 63.9 Å². The molecule has 1 aromatic rings.